The molecular formula is C51H98O6. The molecule has 6 nitrogen and oxygen atoms in total. The number of hydrogen-bond acceptors (Lipinski definition) is 6. The van der Waals surface area contributed by atoms with Gasteiger partial charge in [-0.05, 0) is 19.3 Å². The summed E-state index contributed by atoms with van der Waals surface area (Å²) < 4.78 is 16.8. The topological polar surface area (TPSA) is 78.9 Å². The van der Waals surface area contributed by atoms with Gasteiger partial charge in [0.25, 0.3) is 0 Å². The summed E-state index contributed by atoms with van der Waals surface area (Å²) in [6.45, 7) is 6.66. The number of unbranched alkanes of at least 4 members (excludes halogenated alkanes) is 36. The Morgan fingerprint density at radius 3 is 0.702 bits per heavy atom. The third kappa shape index (κ3) is 45.3. The summed E-state index contributed by atoms with van der Waals surface area (Å²) >= 11 is 0. The van der Waals surface area contributed by atoms with Gasteiger partial charge in [0.2, 0.25) is 0 Å². The summed E-state index contributed by atoms with van der Waals surface area (Å²) in [5.41, 5.74) is 0. The third-order valence-corrected chi connectivity index (χ3v) is 11.6. The number of carbonyl (C=O) groups is 3. The number of esters is 3. The first-order chi connectivity index (χ1) is 28.0. The Morgan fingerprint density at radius 2 is 0.474 bits per heavy atom. The number of hydrogen-bond donors (Lipinski definition) is 0. The molecule has 0 aromatic rings. The molecule has 0 heterocycles. The molecule has 1 atom stereocenters. The highest BCUT2D eigenvalue weighted by Gasteiger charge is 2.19. The van der Waals surface area contributed by atoms with E-state index in [2.05, 4.69) is 20.8 Å². The van der Waals surface area contributed by atoms with E-state index in [-0.39, 0.29) is 31.1 Å². The zero-order valence-corrected chi connectivity index (χ0v) is 38.6. The summed E-state index contributed by atoms with van der Waals surface area (Å²) in [6.07, 6.45) is 49.4. The van der Waals surface area contributed by atoms with Crippen LogP contribution < -0.4 is 0 Å². The van der Waals surface area contributed by atoms with Crippen molar-refractivity contribution in [1.29, 1.82) is 0 Å². The standard InChI is InChI=1S/C51H98O6/c1-4-7-10-13-16-19-22-24-25-26-27-28-30-32-35-38-41-44-50(53)56-47-48(46-55-49(52)43-40-37-34-31-21-18-15-12-9-6-3)57-51(54)45-42-39-36-33-29-23-20-17-14-11-8-5-2/h48H,4-47H2,1-3H3. The van der Waals surface area contributed by atoms with Crippen LogP contribution in [0.4, 0.5) is 0 Å². The Balaban J connectivity index is 4.25. The SMILES string of the molecule is CCCCCCCCCCCCCCCCCCCC(=O)OCC(COC(=O)CCCCCCCCCCCC)OC(=O)CCCCCCCCCCCCCC. The molecule has 0 N–H and O–H groups in total. The van der Waals surface area contributed by atoms with E-state index in [0.717, 1.165) is 57.8 Å². The normalized spacial score (nSPS) is 11.8. The van der Waals surface area contributed by atoms with Crippen molar-refractivity contribution in [2.45, 2.75) is 297 Å². The van der Waals surface area contributed by atoms with Gasteiger partial charge in [-0.1, -0.05) is 252 Å². The second kappa shape index (κ2) is 47.1. The van der Waals surface area contributed by atoms with Crippen molar-refractivity contribution in [3.8, 4) is 0 Å². The molecule has 0 spiro atoms. The van der Waals surface area contributed by atoms with Crippen LogP contribution in [0.25, 0.3) is 0 Å². The fourth-order valence-electron chi connectivity index (χ4n) is 7.74. The average molecular weight is 807 g/mol. The first-order valence-electron chi connectivity index (χ1n) is 25.5. The molecule has 0 aliphatic carbocycles. The van der Waals surface area contributed by atoms with E-state index in [9.17, 15) is 14.4 Å². The highest BCUT2D eigenvalue weighted by atomic mass is 16.6. The molecule has 0 amide bonds. The maximum absolute atomic E-state index is 12.7. The summed E-state index contributed by atoms with van der Waals surface area (Å²) in [7, 11) is 0. The highest BCUT2D eigenvalue weighted by Crippen LogP contribution is 2.17. The summed E-state index contributed by atoms with van der Waals surface area (Å²) in [4.78, 5) is 37.8. The number of rotatable bonds is 47. The van der Waals surface area contributed by atoms with Crippen LogP contribution in [0.3, 0.4) is 0 Å². The molecule has 0 aromatic heterocycles. The van der Waals surface area contributed by atoms with Crippen molar-refractivity contribution in [3.05, 3.63) is 0 Å². The maximum atomic E-state index is 12.7. The van der Waals surface area contributed by atoms with Crippen molar-refractivity contribution in [1.82, 2.24) is 0 Å². The van der Waals surface area contributed by atoms with Gasteiger partial charge < -0.3 is 14.2 Å². The fourth-order valence-corrected chi connectivity index (χ4v) is 7.74. The molecule has 0 radical (unpaired) electrons. The summed E-state index contributed by atoms with van der Waals surface area (Å²) in [6, 6.07) is 0. The quantitative estimate of drug-likeness (QED) is 0.0346. The Bertz CT molecular complexity index is 844. The van der Waals surface area contributed by atoms with Crippen LogP contribution in [-0.2, 0) is 28.6 Å². The molecular weight excluding hydrogens is 709 g/mol. The molecule has 0 aliphatic rings. The van der Waals surface area contributed by atoms with Crippen LogP contribution in [-0.4, -0.2) is 37.2 Å². The van der Waals surface area contributed by atoms with Gasteiger partial charge in [0.15, 0.2) is 6.10 Å². The van der Waals surface area contributed by atoms with Crippen molar-refractivity contribution < 1.29 is 28.6 Å². The van der Waals surface area contributed by atoms with Crippen molar-refractivity contribution in [2.24, 2.45) is 0 Å². The summed E-state index contributed by atoms with van der Waals surface area (Å²) in [5, 5.41) is 0. The predicted molar refractivity (Wildman–Crippen MR) is 243 cm³/mol. The molecule has 0 saturated heterocycles. The second-order valence-corrected chi connectivity index (χ2v) is 17.5. The largest absolute Gasteiger partial charge is 0.462 e. The van der Waals surface area contributed by atoms with Crippen molar-refractivity contribution >= 4 is 17.9 Å². The van der Waals surface area contributed by atoms with E-state index < -0.39 is 6.10 Å². The van der Waals surface area contributed by atoms with Crippen LogP contribution in [0.15, 0.2) is 0 Å². The van der Waals surface area contributed by atoms with E-state index in [0.29, 0.717) is 19.3 Å². The molecule has 0 aromatic carbocycles. The molecule has 1 unspecified atom stereocenters. The maximum Gasteiger partial charge on any atom is 0.306 e. The molecule has 6 heteroatoms. The Labute approximate surface area is 355 Å². The molecule has 0 aliphatic heterocycles. The molecule has 0 fully saturated rings. The zero-order chi connectivity index (χ0) is 41.5. The molecule has 0 bridgehead atoms. The smallest absolute Gasteiger partial charge is 0.306 e. The first kappa shape index (κ1) is 55.4. The van der Waals surface area contributed by atoms with Crippen LogP contribution >= 0.6 is 0 Å². The van der Waals surface area contributed by atoms with E-state index in [4.69, 9.17) is 14.2 Å². The van der Waals surface area contributed by atoms with Gasteiger partial charge in [-0.3, -0.25) is 14.4 Å². The van der Waals surface area contributed by atoms with Gasteiger partial charge in [-0.15, -0.1) is 0 Å². The van der Waals surface area contributed by atoms with Crippen molar-refractivity contribution in [3.63, 3.8) is 0 Å². The van der Waals surface area contributed by atoms with E-state index in [1.54, 1.807) is 0 Å². The first-order valence-corrected chi connectivity index (χ1v) is 25.5. The summed E-state index contributed by atoms with van der Waals surface area (Å²) in [5.74, 6) is -0.844. The van der Waals surface area contributed by atoms with Crippen LogP contribution in [0.1, 0.15) is 290 Å². The van der Waals surface area contributed by atoms with Crippen LogP contribution in [0.2, 0.25) is 0 Å². The van der Waals surface area contributed by atoms with Gasteiger partial charge in [-0.2, -0.15) is 0 Å². The van der Waals surface area contributed by atoms with Crippen LogP contribution in [0.5, 0.6) is 0 Å². The van der Waals surface area contributed by atoms with Gasteiger partial charge in [-0.25, -0.2) is 0 Å². The third-order valence-electron chi connectivity index (χ3n) is 11.6. The number of ether oxygens (including phenoxy) is 3. The minimum Gasteiger partial charge on any atom is -0.462 e. The molecule has 338 valence electrons. The Kier molecular flexibility index (Phi) is 45.8. The van der Waals surface area contributed by atoms with E-state index >= 15 is 0 Å². The van der Waals surface area contributed by atoms with Gasteiger partial charge in [0, 0.05) is 19.3 Å². The predicted octanol–water partition coefficient (Wildman–Crippen LogP) is 16.4. The number of carbonyl (C=O) groups excluding carboxylic acids is 3. The molecule has 0 rings (SSSR count). The second-order valence-electron chi connectivity index (χ2n) is 17.5. The lowest BCUT2D eigenvalue weighted by atomic mass is 10.0. The minimum absolute atomic E-state index is 0.0620. The lowest BCUT2D eigenvalue weighted by molar-refractivity contribution is -0.167. The minimum atomic E-state index is -0.758. The lowest BCUT2D eigenvalue weighted by Crippen LogP contribution is -2.30. The average Bonchev–Trinajstić information content (AvgIpc) is 3.21. The van der Waals surface area contributed by atoms with Gasteiger partial charge >= 0.3 is 17.9 Å². The lowest BCUT2D eigenvalue weighted by Gasteiger charge is -2.18. The molecule has 0 saturated carbocycles. The van der Waals surface area contributed by atoms with Gasteiger partial charge in [0.05, 0.1) is 0 Å². The van der Waals surface area contributed by atoms with E-state index in [1.165, 1.54) is 193 Å². The van der Waals surface area contributed by atoms with Crippen LogP contribution in [0, 0.1) is 0 Å². The molecule has 57 heavy (non-hydrogen) atoms. The highest BCUT2D eigenvalue weighted by molar-refractivity contribution is 5.71. The van der Waals surface area contributed by atoms with E-state index in [1.807, 2.05) is 0 Å². The Hall–Kier alpha value is -1.59. The Morgan fingerprint density at radius 1 is 0.281 bits per heavy atom. The zero-order valence-electron chi connectivity index (χ0n) is 38.6. The fraction of sp³-hybridized carbons (Fsp3) is 0.941. The monoisotopic (exact) mass is 807 g/mol. The van der Waals surface area contributed by atoms with Gasteiger partial charge in [0.1, 0.15) is 13.2 Å². The van der Waals surface area contributed by atoms with Crippen molar-refractivity contribution in [2.75, 3.05) is 13.2 Å².